The lowest BCUT2D eigenvalue weighted by atomic mass is 9.88. The Morgan fingerprint density at radius 2 is 1.43 bits per heavy atom. The van der Waals surface area contributed by atoms with Crippen LogP contribution in [0.25, 0.3) is 0 Å². The van der Waals surface area contributed by atoms with Gasteiger partial charge in [-0.3, -0.25) is 4.90 Å². The van der Waals surface area contributed by atoms with Crippen LogP contribution in [-0.4, -0.2) is 23.1 Å². The van der Waals surface area contributed by atoms with Crippen molar-refractivity contribution >= 4 is 0 Å². The normalized spacial score (nSPS) is 24.8. The highest BCUT2D eigenvalue weighted by Crippen LogP contribution is 2.34. The van der Waals surface area contributed by atoms with Crippen molar-refractivity contribution in [1.29, 1.82) is 0 Å². The first kappa shape index (κ1) is 14.3. The first-order valence-electron chi connectivity index (χ1n) is 7.63. The minimum atomic E-state index is 0.117. The molecule has 0 aromatic heterocycles. The second-order valence-corrected chi connectivity index (χ2v) is 6.14. The molecule has 2 atom stereocenters. The molecular weight excluding hydrogens is 258 g/mol. The van der Waals surface area contributed by atoms with E-state index in [1.807, 2.05) is 0 Å². The Morgan fingerprint density at radius 1 is 0.952 bits per heavy atom. The maximum atomic E-state index is 5.66. The van der Waals surface area contributed by atoms with E-state index < -0.39 is 0 Å². The molecule has 1 fully saturated rings. The number of hydrogen-bond acceptors (Lipinski definition) is 2. The third-order valence-electron chi connectivity index (χ3n) is 4.66. The standard InChI is InChI=1S/C19H23NO/c1-16-19(2,15-21-16)20(13-17-9-5-3-6-10-17)14-18-11-7-4-8-12-18/h3-12,16H,13-15H2,1-2H3. The highest BCUT2D eigenvalue weighted by Gasteiger charge is 2.45. The Kier molecular flexibility index (Phi) is 4.09. The van der Waals surface area contributed by atoms with Gasteiger partial charge in [0.15, 0.2) is 0 Å². The van der Waals surface area contributed by atoms with E-state index in [-0.39, 0.29) is 11.6 Å². The summed E-state index contributed by atoms with van der Waals surface area (Å²) in [6, 6.07) is 21.4. The van der Waals surface area contributed by atoms with Crippen molar-refractivity contribution in [3.8, 4) is 0 Å². The van der Waals surface area contributed by atoms with Gasteiger partial charge in [0.2, 0.25) is 0 Å². The fourth-order valence-electron chi connectivity index (χ4n) is 2.86. The summed E-state index contributed by atoms with van der Waals surface area (Å²) < 4.78 is 5.66. The smallest absolute Gasteiger partial charge is 0.0751 e. The maximum absolute atomic E-state index is 5.66. The van der Waals surface area contributed by atoms with E-state index in [1.165, 1.54) is 11.1 Å². The van der Waals surface area contributed by atoms with Crippen LogP contribution in [0.2, 0.25) is 0 Å². The van der Waals surface area contributed by atoms with Crippen molar-refractivity contribution in [2.24, 2.45) is 0 Å². The van der Waals surface area contributed by atoms with Crippen LogP contribution in [0.4, 0.5) is 0 Å². The lowest BCUT2D eigenvalue weighted by molar-refractivity contribution is -0.191. The molecular formula is C19H23NO. The first-order chi connectivity index (χ1) is 10.2. The average Bonchev–Trinajstić information content (AvgIpc) is 2.54. The Bertz CT molecular complexity index is 527. The van der Waals surface area contributed by atoms with Gasteiger partial charge in [0.05, 0.1) is 18.2 Å². The van der Waals surface area contributed by atoms with Gasteiger partial charge in [0.25, 0.3) is 0 Å². The van der Waals surface area contributed by atoms with E-state index in [0.717, 1.165) is 19.7 Å². The highest BCUT2D eigenvalue weighted by molar-refractivity contribution is 5.19. The molecule has 2 aromatic carbocycles. The van der Waals surface area contributed by atoms with Crippen molar-refractivity contribution in [2.75, 3.05) is 6.61 Å². The minimum absolute atomic E-state index is 0.117. The number of rotatable bonds is 5. The number of benzene rings is 2. The van der Waals surface area contributed by atoms with E-state index in [1.54, 1.807) is 0 Å². The van der Waals surface area contributed by atoms with Crippen molar-refractivity contribution in [3.63, 3.8) is 0 Å². The van der Waals surface area contributed by atoms with Gasteiger partial charge in [-0.1, -0.05) is 60.7 Å². The molecule has 2 nitrogen and oxygen atoms in total. The fourth-order valence-corrected chi connectivity index (χ4v) is 2.86. The lowest BCUT2D eigenvalue weighted by Gasteiger charge is -2.52. The Balaban J connectivity index is 1.81. The van der Waals surface area contributed by atoms with Crippen LogP contribution in [-0.2, 0) is 17.8 Å². The van der Waals surface area contributed by atoms with Crippen LogP contribution in [0.5, 0.6) is 0 Å². The van der Waals surface area contributed by atoms with E-state index in [2.05, 4.69) is 79.4 Å². The van der Waals surface area contributed by atoms with Crippen LogP contribution in [0.1, 0.15) is 25.0 Å². The first-order valence-corrected chi connectivity index (χ1v) is 7.63. The summed E-state index contributed by atoms with van der Waals surface area (Å²) in [4.78, 5) is 2.55. The van der Waals surface area contributed by atoms with E-state index in [0.29, 0.717) is 0 Å². The molecule has 1 aliphatic heterocycles. The lowest BCUT2D eigenvalue weighted by Crippen LogP contribution is -2.64. The van der Waals surface area contributed by atoms with Gasteiger partial charge >= 0.3 is 0 Å². The molecule has 0 saturated carbocycles. The van der Waals surface area contributed by atoms with E-state index in [4.69, 9.17) is 4.74 Å². The van der Waals surface area contributed by atoms with Crippen molar-refractivity contribution in [2.45, 2.75) is 38.6 Å². The second kappa shape index (κ2) is 6.00. The Labute approximate surface area is 127 Å². The summed E-state index contributed by atoms with van der Waals surface area (Å²) in [7, 11) is 0. The number of ether oxygens (including phenoxy) is 1. The summed E-state index contributed by atoms with van der Waals surface area (Å²) in [5, 5.41) is 0. The summed E-state index contributed by atoms with van der Waals surface area (Å²) >= 11 is 0. The van der Waals surface area contributed by atoms with Crippen molar-refractivity contribution in [3.05, 3.63) is 71.8 Å². The molecule has 2 heteroatoms. The molecule has 3 rings (SSSR count). The Hall–Kier alpha value is -1.64. The van der Waals surface area contributed by atoms with E-state index >= 15 is 0 Å². The van der Waals surface area contributed by atoms with Gasteiger partial charge in [-0.15, -0.1) is 0 Å². The zero-order valence-corrected chi connectivity index (χ0v) is 12.8. The molecule has 2 aromatic rings. The van der Waals surface area contributed by atoms with Gasteiger partial charge in [0.1, 0.15) is 0 Å². The third-order valence-corrected chi connectivity index (χ3v) is 4.66. The molecule has 0 bridgehead atoms. The summed E-state index contributed by atoms with van der Waals surface area (Å²) in [5.74, 6) is 0. The maximum Gasteiger partial charge on any atom is 0.0751 e. The molecule has 0 aliphatic carbocycles. The summed E-state index contributed by atoms with van der Waals surface area (Å²) in [5.41, 5.74) is 2.83. The van der Waals surface area contributed by atoms with Crippen LogP contribution in [0.3, 0.4) is 0 Å². The topological polar surface area (TPSA) is 12.5 Å². The fraction of sp³-hybridized carbons (Fsp3) is 0.368. The second-order valence-electron chi connectivity index (χ2n) is 6.14. The molecule has 2 unspecified atom stereocenters. The molecule has 0 radical (unpaired) electrons. The predicted octanol–water partition coefficient (Wildman–Crippen LogP) is 3.87. The Morgan fingerprint density at radius 3 is 1.76 bits per heavy atom. The van der Waals surface area contributed by atoms with Gasteiger partial charge in [0, 0.05) is 13.1 Å². The van der Waals surface area contributed by atoms with Crippen molar-refractivity contribution in [1.82, 2.24) is 4.90 Å². The quantitative estimate of drug-likeness (QED) is 0.825. The molecule has 21 heavy (non-hydrogen) atoms. The molecule has 110 valence electrons. The SMILES string of the molecule is CC1OCC1(C)N(Cc1ccccc1)Cc1ccccc1. The molecule has 0 spiro atoms. The summed E-state index contributed by atoms with van der Waals surface area (Å²) in [6.45, 7) is 7.22. The number of nitrogens with zero attached hydrogens (tertiary/aromatic N) is 1. The van der Waals surface area contributed by atoms with Gasteiger partial charge in [-0.25, -0.2) is 0 Å². The van der Waals surface area contributed by atoms with Crippen LogP contribution in [0, 0.1) is 0 Å². The third kappa shape index (κ3) is 3.02. The molecule has 1 aliphatic rings. The van der Waals surface area contributed by atoms with Crippen molar-refractivity contribution < 1.29 is 4.74 Å². The average molecular weight is 281 g/mol. The highest BCUT2D eigenvalue weighted by atomic mass is 16.5. The largest absolute Gasteiger partial charge is 0.374 e. The zero-order chi connectivity index (χ0) is 14.7. The van der Waals surface area contributed by atoms with Gasteiger partial charge < -0.3 is 4.74 Å². The molecule has 0 N–H and O–H groups in total. The summed E-state index contributed by atoms with van der Waals surface area (Å²) in [6.07, 6.45) is 0.282. The van der Waals surface area contributed by atoms with Crippen LogP contribution >= 0.6 is 0 Å². The predicted molar refractivity (Wildman–Crippen MR) is 86.0 cm³/mol. The molecule has 0 amide bonds. The van der Waals surface area contributed by atoms with Gasteiger partial charge in [-0.05, 0) is 25.0 Å². The van der Waals surface area contributed by atoms with Crippen LogP contribution < -0.4 is 0 Å². The molecule has 1 saturated heterocycles. The van der Waals surface area contributed by atoms with Crippen LogP contribution in [0.15, 0.2) is 60.7 Å². The van der Waals surface area contributed by atoms with E-state index in [9.17, 15) is 0 Å². The number of hydrogen-bond donors (Lipinski definition) is 0. The van der Waals surface area contributed by atoms with Gasteiger partial charge in [-0.2, -0.15) is 0 Å². The molecule has 1 heterocycles. The zero-order valence-electron chi connectivity index (χ0n) is 12.8. The minimum Gasteiger partial charge on any atom is -0.374 e. The monoisotopic (exact) mass is 281 g/mol.